The second-order valence-corrected chi connectivity index (χ2v) is 7.36. The predicted molar refractivity (Wildman–Crippen MR) is 124 cm³/mol. The van der Waals surface area contributed by atoms with Gasteiger partial charge in [0.25, 0.3) is 0 Å². The lowest BCUT2D eigenvalue weighted by Crippen LogP contribution is -2.29. The molecule has 0 radical (unpaired) electrons. The van der Waals surface area contributed by atoms with Gasteiger partial charge in [-0.25, -0.2) is 4.98 Å². The van der Waals surface area contributed by atoms with Crippen LogP contribution in [0.25, 0.3) is 21.9 Å². The van der Waals surface area contributed by atoms with Crippen molar-refractivity contribution < 1.29 is 9.59 Å². The maximum atomic E-state index is 12.4. The summed E-state index contributed by atoms with van der Waals surface area (Å²) in [6.07, 6.45) is 8.28. The van der Waals surface area contributed by atoms with Crippen LogP contribution in [-0.2, 0) is 16.1 Å². The zero-order chi connectivity index (χ0) is 23.4. The first kappa shape index (κ1) is 21.5. The molecule has 0 saturated carbocycles. The van der Waals surface area contributed by atoms with Crippen LogP contribution in [-0.4, -0.2) is 31.6 Å². The molecule has 0 bridgehead atoms. The number of anilines is 3. The fraction of sp³-hybridized carbons (Fsp3) is 0.130. The van der Waals surface area contributed by atoms with E-state index in [0.717, 1.165) is 27.5 Å². The number of nitrogens with one attached hydrogen (secondary N) is 2. The Morgan fingerprint density at radius 3 is 2.76 bits per heavy atom. The van der Waals surface area contributed by atoms with Crippen molar-refractivity contribution in [1.29, 1.82) is 5.26 Å². The topological polar surface area (TPSA) is 152 Å². The van der Waals surface area contributed by atoms with Gasteiger partial charge in [-0.2, -0.15) is 10.4 Å². The molecule has 1 aromatic carbocycles. The van der Waals surface area contributed by atoms with E-state index in [0.29, 0.717) is 17.9 Å². The number of amides is 2. The lowest BCUT2D eigenvalue weighted by Gasteiger charge is -2.11. The Labute approximate surface area is 189 Å². The van der Waals surface area contributed by atoms with Crippen LogP contribution in [0.1, 0.15) is 12.0 Å². The molecular formula is C23H20N8O2. The molecule has 4 rings (SSSR count). The summed E-state index contributed by atoms with van der Waals surface area (Å²) in [5.41, 5.74) is 10.0. The Morgan fingerprint density at radius 2 is 1.97 bits per heavy atom. The van der Waals surface area contributed by atoms with E-state index < -0.39 is 11.8 Å². The van der Waals surface area contributed by atoms with Gasteiger partial charge in [-0.15, -0.1) is 0 Å². The van der Waals surface area contributed by atoms with Gasteiger partial charge in [0.2, 0.25) is 0 Å². The van der Waals surface area contributed by atoms with Crippen molar-refractivity contribution in [1.82, 2.24) is 19.7 Å². The average Bonchev–Trinajstić information content (AvgIpc) is 3.24. The van der Waals surface area contributed by atoms with Crippen molar-refractivity contribution in [2.24, 2.45) is 0 Å². The minimum atomic E-state index is -0.876. The minimum Gasteiger partial charge on any atom is -0.398 e. The second-order valence-electron chi connectivity index (χ2n) is 7.36. The smallest absolute Gasteiger partial charge is 0.315 e. The van der Waals surface area contributed by atoms with E-state index >= 15 is 0 Å². The highest BCUT2D eigenvalue weighted by Gasteiger charge is 2.16. The Balaban J connectivity index is 1.51. The number of carbonyl (C=O) groups excluding carboxylic acids is 2. The zero-order valence-corrected chi connectivity index (χ0v) is 17.7. The van der Waals surface area contributed by atoms with Gasteiger partial charge in [0.1, 0.15) is 5.82 Å². The number of pyridine rings is 2. The quantitative estimate of drug-likeness (QED) is 0.319. The molecule has 164 valence electrons. The molecule has 4 aromatic rings. The van der Waals surface area contributed by atoms with Crippen LogP contribution in [0.15, 0.2) is 55.2 Å². The van der Waals surface area contributed by atoms with E-state index in [1.807, 2.05) is 31.2 Å². The van der Waals surface area contributed by atoms with Gasteiger partial charge in [-0.05, 0) is 47.7 Å². The van der Waals surface area contributed by atoms with Gasteiger partial charge in [0, 0.05) is 41.4 Å². The van der Waals surface area contributed by atoms with Crippen LogP contribution in [0.3, 0.4) is 0 Å². The number of nitriles is 1. The van der Waals surface area contributed by atoms with Gasteiger partial charge in [0.05, 0.1) is 30.9 Å². The molecule has 0 unspecified atom stereocenters. The first-order chi connectivity index (χ1) is 15.9. The number of rotatable bonds is 5. The van der Waals surface area contributed by atoms with Crippen LogP contribution >= 0.6 is 0 Å². The maximum Gasteiger partial charge on any atom is 0.315 e. The molecule has 0 aliphatic carbocycles. The molecule has 0 aliphatic rings. The summed E-state index contributed by atoms with van der Waals surface area (Å²) in [6, 6.07) is 9.38. The maximum absolute atomic E-state index is 12.4. The summed E-state index contributed by atoms with van der Waals surface area (Å²) >= 11 is 0. The van der Waals surface area contributed by atoms with Crippen molar-refractivity contribution >= 4 is 39.8 Å². The zero-order valence-electron chi connectivity index (χ0n) is 17.7. The number of aryl methyl sites for hydroxylation is 2. The Morgan fingerprint density at radius 1 is 1.15 bits per heavy atom. The molecule has 4 N–H and O–H groups in total. The van der Waals surface area contributed by atoms with E-state index in [4.69, 9.17) is 11.0 Å². The number of nitrogen functional groups attached to an aromatic ring is 1. The molecule has 2 amide bonds. The Hall–Kier alpha value is -4.78. The van der Waals surface area contributed by atoms with Crippen molar-refractivity contribution in [3.63, 3.8) is 0 Å². The third kappa shape index (κ3) is 4.77. The van der Waals surface area contributed by atoms with E-state index in [-0.39, 0.29) is 12.2 Å². The molecule has 3 aromatic heterocycles. The van der Waals surface area contributed by atoms with Gasteiger partial charge in [-0.3, -0.25) is 19.3 Å². The van der Waals surface area contributed by atoms with Crippen LogP contribution in [0.2, 0.25) is 0 Å². The van der Waals surface area contributed by atoms with Crippen molar-refractivity contribution in [2.45, 2.75) is 19.9 Å². The monoisotopic (exact) mass is 440 g/mol. The molecule has 0 spiro atoms. The fourth-order valence-electron chi connectivity index (χ4n) is 3.35. The number of hydrogen-bond acceptors (Lipinski definition) is 7. The summed E-state index contributed by atoms with van der Waals surface area (Å²) in [7, 11) is 0. The first-order valence-corrected chi connectivity index (χ1v) is 10.1. The van der Waals surface area contributed by atoms with E-state index in [9.17, 15) is 9.59 Å². The summed E-state index contributed by atoms with van der Waals surface area (Å²) in [5, 5.41) is 19.1. The van der Waals surface area contributed by atoms with Crippen LogP contribution in [0, 0.1) is 18.3 Å². The molecule has 33 heavy (non-hydrogen) atoms. The van der Waals surface area contributed by atoms with E-state index in [1.165, 1.54) is 10.9 Å². The van der Waals surface area contributed by atoms with Gasteiger partial charge in [0.15, 0.2) is 0 Å². The number of nitrogens with two attached hydrogens (primary N) is 1. The SMILES string of the molecule is Cc1ccncc1-c1cc(N)c2cnc(NC(=O)C(=O)Nc3cnn(CCC#N)c3)cc2c1. The Bertz CT molecular complexity index is 1400. The average molecular weight is 440 g/mol. The van der Waals surface area contributed by atoms with E-state index in [1.54, 1.807) is 30.9 Å². The lowest BCUT2D eigenvalue weighted by atomic mass is 9.99. The van der Waals surface area contributed by atoms with Crippen LogP contribution in [0.4, 0.5) is 17.2 Å². The number of benzene rings is 1. The third-order valence-corrected chi connectivity index (χ3v) is 5.01. The number of carbonyl (C=O) groups is 2. The largest absolute Gasteiger partial charge is 0.398 e. The van der Waals surface area contributed by atoms with Crippen molar-refractivity contribution in [3.05, 3.63) is 60.8 Å². The molecular weight excluding hydrogens is 420 g/mol. The van der Waals surface area contributed by atoms with Gasteiger partial charge in [-0.1, -0.05) is 0 Å². The van der Waals surface area contributed by atoms with Gasteiger partial charge < -0.3 is 16.4 Å². The fourth-order valence-corrected chi connectivity index (χ4v) is 3.35. The third-order valence-electron chi connectivity index (χ3n) is 5.01. The van der Waals surface area contributed by atoms with E-state index in [2.05, 4.69) is 25.7 Å². The number of aromatic nitrogens is 4. The summed E-state index contributed by atoms with van der Waals surface area (Å²) in [6.45, 7) is 2.38. The predicted octanol–water partition coefficient (Wildman–Crippen LogP) is 2.87. The van der Waals surface area contributed by atoms with Crippen molar-refractivity contribution in [2.75, 3.05) is 16.4 Å². The molecule has 10 nitrogen and oxygen atoms in total. The van der Waals surface area contributed by atoms with Crippen LogP contribution < -0.4 is 16.4 Å². The second kappa shape index (κ2) is 9.15. The highest BCUT2D eigenvalue weighted by Crippen LogP contribution is 2.31. The summed E-state index contributed by atoms with van der Waals surface area (Å²) < 4.78 is 1.51. The number of hydrogen-bond donors (Lipinski definition) is 3. The lowest BCUT2D eigenvalue weighted by molar-refractivity contribution is -0.133. The van der Waals surface area contributed by atoms with Crippen molar-refractivity contribution in [3.8, 4) is 17.2 Å². The standard InChI is InChI=1S/C23H20N8O2/c1-14-3-5-26-11-18(14)15-7-16-9-21(27-12-19(16)20(25)8-15)30-23(33)22(32)29-17-10-28-31(13-17)6-2-4-24/h3,5,7-13H,2,6,25H2,1H3,(H,29,32)(H,27,30,33). The van der Waals surface area contributed by atoms with Gasteiger partial charge >= 0.3 is 11.8 Å². The Kier molecular flexibility index (Phi) is 5.95. The molecule has 0 atom stereocenters. The first-order valence-electron chi connectivity index (χ1n) is 10.1. The minimum absolute atomic E-state index is 0.215. The normalized spacial score (nSPS) is 10.5. The summed E-state index contributed by atoms with van der Waals surface area (Å²) in [4.78, 5) is 33.0. The number of fused-ring (bicyclic) bond motifs is 1. The highest BCUT2D eigenvalue weighted by atomic mass is 16.2. The number of nitrogens with zero attached hydrogens (tertiary/aromatic N) is 5. The summed E-state index contributed by atoms with van der Waals surface area (Å²) in [5.74, 6) is -1.53. The molecule has 0 aliphatic heterocycles. The molecule has 0 saturated heterocycles. The molecule has 0 fully saturated rings. The molecule has 10 heteroatoms. The molecule has 3 heterocycles. The highest BCUT2D eigenvalue weighted by molar-refractivity contribution is 6.43. The van der Waals surface area contributed by atoms with Crippen LogP contribution in [0.5, 0.6) is 0 Å².